The van der Waals surface area contributed by atoms with Gasteiger partial charge in [-0.05, 0) is 28.5 Å². The zero-order chi connectivity index (χ0) is 13.2. The Balaban J connectivity index is 2.19. The summed E-state index contributed by atoms with van der Waals surface area (Å²) in [6.07, 6.45) is 0. The highest BCUT2D eigenvalue weighted by Gasteiger charge is 2.22. The third kappa shape index (κ3) is 2.81. The quantitative estimate of drug-likeness (QED) is 0.920. The second-order valence-corrected chi connectivity index (χ2v) is 7.62. The Kier molecular flexibility index (Phi) is 4.18. The molecule has 1 N–H and O–H groups in total. The van der Waals surface area contributed by atoms with Crippen LogP contribution in [0.4, 0.5) is 0 Å². The van der Waals surface area contributed by atoms with E-state index in [0.29, 0.717) is 11.4 Å². The van der Waals surface area contributed by atoms with Crippen molar-refractivity contribution in [1.29, 1.82) is 0 Å². The lowest BCUT2D eigenvalue weighted by molar-refractivity contribution is 0.285. The molecule has 0 aliphatic heterocycles. The minimum absolute atomic E-state index is 0.131. The molecule has 0 aliphatic carbocycles. The lowest BCUT2D eigenvalue weighted by Gasteiger charge is -2.15. The van der Waals surface area contributed by atoms with Crippen LogP contribution in [-0.2, 0) is 23.2 Å². The number of nitrogens with zero attached hydrogens (tertiary/aromatic N) is 1. The van der Waals surface area contributed by atoms with E-state index in [9.17, 15) is 8.42 Å². The van der Waals surface area contributed by atoms with Crippen LogP contribution in [0.5, 0.6) is 0 Å². The van der Waals surface area contributed by atoms with Gasteiger partial charge in [0, 0.05) is 23.8 Å². The summed E-state index contributed by atoms with van der Waals surface area (Å²) in [7, 11) is -1.91. The van der Waals surface area contributed by atoms with Crippen molar-refractivity contribution < 1.29 is 13.5 Å². The summed E-state index contributed by atoms with van der Waals surface area (Å²) in [5.74, 6) is 0. The van der Waals surface area contributed by atoms with E-state index in [0.717, 1.165) is 5.56 Å². The van der Waals surface area contributed by atoms with Crippen LogP contribution in [0.15, 0.2) is 33.2 Å². The third-order valence-corrected chi connectivity index (χ3v) is 6.06. The van der Waals surface area contributed by atoms with Gasteiger partial charge in [0.15, 0.2) is 0 Å². The highest BCUT2D eigenvalue weighted by atomic mass is 32.2. The zero-order valence-electron chi connectivity index (χ0n) is 9.74. The van der Waals surface area contributed by atoms with Crippen molar-refractivity contribution >= 4 is 32.7 Å². The predicted molar refractivity (Wildman–Crippen MR) is 73.2 cm³/mol. The average molecular weight is 303 g/mol. The molecule has 0 fully saturated rings. The molecule has 2 rings (SSSR count). The minimum atomic E-state index is -3.47. The van der Waals surface area contributed by atoms with Crippen molar-refractivity contribution in [3.05, 3.63) is 38.7 Å². The maximum atomic E-state index is 12.2. The van der Waals surface area contributed by atoms with Crippen molar-refractivity contribution in [2.75, 3.05) is 7.05 Å². The second-order valence-electron chi connectivity index (χ2n) is 3.80. The van der Waals surface area contributed by atoms with Crippen LogP contribution < -0.4 is 0 Å². The number of aliphatic hydroxyl groups is 1. The third-order valence-electron chi connectivity index (χ3n) is 2.48. The van der Waals surface area contributed by atoms with Gasteiger partial charge in [0.1, 0.15) is 0 Å². The predicted octanol–water partition coefficient (Wildman–Crippen LogP) is 2.12. The van der Waals surface area contributed by atoms with Crippen LogP contribution in [-0.4, -0.2) is 24.9 Å². The van der Waals surface area contributed by atoms with E-state index in [-0.39, 0.29) is 11.5 Å². The van der Waals surface area contributed by atoms with E-state index >= 15 is 0 Å². The molecular weight excluding hydrogens is 290 g/mol. The first-order valence-electron chi connectivity index (χ1n) is 5.19. The molecule has 2 aromatic heterocycles. The number of thiophene rings is 2. The largest absolute Gasteiger partial charge is 0.391 e. The van der Waals surface area contributed by atoms with Crippen LogP contribution in [0.2, 0.25) is 0 Å². The Bertz CT molecular complexity index is 601. The fourth-order valence-electron chi connectivity index (χ4n) is 1.48. The van der Waals surface area contributed by atoms with E-state index in [4.69, 9.17) is 5.11 Å². The summed E-state index contributed by atoms with van der Waals surface area (Å²) in [5.41, 5.74) is 0.976. The SMILES string of the molecule is CN(Cc1ccsc1)S(=O)(=O)c1csc(CO)c1. The Morgan fingerprint density at radius 1 is 1.39 bits per heavy atom. The first-order chi connectivity index (χ1) is 8.54. The van der Waals surface area contributed by atoms with Gasteiger partial charge in [-0.25, -0.2) is 8.42 Å². The van der Waals surface area contributed by atoms with E-state index in [1.807, 2.05) is 16.8 Å². The first kappa shape index (κ1) is 13.7. The molecule has 0 saturated carbocycles. The van der Waals surface area contributed by atoms with E-state index in [1.165, 1.54) is 21.7 Å². The van der Waals surface area contributed by atoms with Gasteiger partial charge in [0.25, 0.3) is 0 Å². The smallest absolute Gasteiger partial charge is 0.243 e. The molecule has 18 heavy (non-hydrogen) atoms. The highest BCUT2D eigenvalue weighted by molar-refractivity contribution is 7.89. The molecule has 0 aliphatic rings. The molecule has 0 spiro atoms. The van der Waals surface area contributed by atoms with Crippen molar-refractivity contribution in [3.63, 3.8) is 0 Å². The molecular formula is C11H13NO3S3. The lowest BCUT2D eigenvalue weighted by atomic mass is 10.3. The van der Waals surface area contributed by atoms with Gasteiger partial charge in [-0.15, -0.1) is 11.3 Å². The molecule has 2 aromatic rings. The summed E-state index contributed by atoms with van der Waals surface area (Å²) in [6.45, 7) is 0.227. The molecule has 4 nitrogen and oxygen atoms in total. The number of hydrogen-bond donors (Lipinski definition) is 1. The molecule has 0 unspecified atom stereocenters. The fraction of sp³-hybridized carbons (Fsp3) is 0.273. The summed E-state index contributed by atoms with van der Waals surface area (Å²) in [4.78, 5) is 0.895. The van der Waals surface area contributed by atoms with Gasteiger partial charge in [0.2, 0.25) is 10.0 Å². The van der Waals surface area contributed by atoms with Gasteiger partial charge in [-0.1, -0.05) is 0 Å². The number of aliphatic hydroxyl groups excluding tert-OH is 1. The van der Waals surface area contributed by atoms with Crippen LogP contribution in [0.3, 0.4) is 0 Å². The summed E-state index contributed by atoms with van der Waals surface area (Å²) >= 11 is 2.79. The van der Waals surface area contributed by atoms with Gasteiger partial charge in [-0.3, -0.25) is 0 Å². The monoisotopic (exact) mass is 303 g/mol. The Morgan fingerprint density at radius 2 is 2.17 bits per heavy atom. The molecule has 0 atom stereocenters. The topological polar surface area (TPSA) is 57.6 Å². The Morgan fingerprint density at radius 3 is 2.72 bits per heavy atom. The van der Waals surface area contributed by atoms with Crippen LogP contribution >= 0.6 is 22.7 Å². The van der Waals surface area contributed by atoms with Crippen molar-refractivity contribution in [2.24, 2.45) is 0 Å². The zero-order valence-corrected chi connectivity index (χ0v) is 12.2. The average Bonchev–Trinajstić information content (AvgIpc) is 2.99. The summed E-state index contributed by atoms with van der Waals surface area (Å²) in [6, 6.07) is 3.42. The summed E-state index contributed by atoms with van der Waals surface area (Å²) in [5, 5.41) is 14.4. The van der Waals surface area contributed by atoms with E-state index in [2.05, 4.69) is 0 Å². The van der Waals surface area contributed by atoms with Gasteiger partial charge < -0.3 is 5.11 Å². The second kappa shape index (κ2) is 5.50. The van der Waals surface area contributed by atoms with Crippen LogP contribution in [0.25, 0.3) is 0 Å². The first-order valence-corrected chi connectivity index (χ1v) is 8.46. The molecule has 2 heterocycles. The molecule has 98 valence electrons. The molecule has 0 saturated heterocycles. The van der Waals surface area contributed by atoms with Crippen molar-refractivity contribution in [2.45, 2.75) is 18.0 Å². The van der Waals surface area contributed by atoms with Crippen molar-refractivity contribution in [3.8, 4) is 0 Å². The van der Waals surface area contributed by atoms with Crippen LogP contribution in [0.1, 0.15) is 10.4 Å². The van der Waals surface area contributed by atoms with E-state index in [1.54, 1.807) is 23.8 Å². The number of hydrogen-bond acceptors (Lipinski definition) is 5. The molecule has 0 radical (unpaired) electrons. The van der Waals surface area contributed by atoms with E-state index < -0.39 is 10.0 Å². The number of rotatable bonds is 5. The van der Waals surface area contributed by atoms with Crippen LogP contribution in [0, 0.1) is 0 Å². The normalized spacial score (nSPS) is 12.2. The fourth-order valence-corrected chi connectivity index (χ4v) is 4.42. The Hall–Kier alpha value is -0.730. The lowest BCUT2D eigenvalue weighted by Crippen LogP contribution is -2.25. The minimum Gasteiger partial charge on any atom is -0.391 e. The molecule has 0 amide bonds. The summed E-state index contributed by atoms with van der Waals surface area (Å²) < 4.78 is 25.8. The van der Waals surface area contributed by atoms with Gasteiger partial charge in [0.05, 0.1) is 11.5 Å². The maximum absolute atomic E-state index is 12.2. The van der Waals surface area contributed by atoms with Crippen molar-refractivity contribution in [1.82, 2.24) is 4.31 Å². The molecule has 0 bridgehead atoms. The van der Waals surface area contributed by atoms with Gasteiger partial charge in [-0.2, -0.15) is 15.6 Å². The van der Waals surface area contributed by atoms with Gasteiger partial charge >= 0.3 is 0 Å². The Labute approximate surface area is 114 Å². The highest BCUT2D eigenvalue weighted by Crippen LogP contribution is 2.23. The molecule has 0 aromatic carbocycles. The molecule has 7 heteroatoms. The maximum Gasteiger partial charge on any atom is 0.243 e. The number of sulfonamides is 1. The standard InChI is InChI=1S/C11H13NO3S3/c1-12(5-9-2-3-16-7-9)18(14,15)11-4-10(6-13)17-8-11/h2-4,7-8,13H,5-6H2,1H3.